The standard InChI is InChI=1S/C32H39N2O4/c1-36-30-23-26-11-9-21-34(27-12-5-3-6-13-27,29(26)24-31(30)37-2)32(35)25-14-16-28(17-15-25)38-22-10-20-33-18-7-4-8-19-33/h3,5-6,12-17,23-24H,4,7-11,18-22H2,1-2H3/q+1. The van der Waals surface area contributed by atoms with Crippen LogP contribution in [0.2, 0.25) is 0 Å². The third-order valence-corrected chi connectivity index (χ3v) is 7.92. The van der Waals surface area contributed by atoms with Crippen molar-refractivity contribution in [3.8, 4) is 17.2 Å². The molecule has 2 heterocycles. The molecule has 2 aliphatic heterocycles. The van der Waals surface area contributed by atoms with Crippen LogP contribution in [0.1, 0.15) is 48.0 Å². The number of likely N-dealkylation sites (tertiary alicyclic amines) is 1. The van der Waals surface area contributed by atoms with Crippen LogP contribution in [0, 0.1) is 0 Å². The van der Waals surface area contributed by atoms with Gasteiger partial charge in [0, 0.05) is 36.7 Å². The number of piperidine rings is 1. The summed E-state index contributed by atoms with van der Waals surface area (Å²) < 4.78 is 17.4. The number of nitrogens with zero attached hydrogens (tertiary/aromatic N) is 2. The number of ether oxygens (including phenoxy) is 3. The number of benzene rings is 3. The fraction of sp³-hybridized carbons (Fsp3) is 0.406. The topological polar surface area (TPSA) is 48.0 Å². The molecule has 0 spiro atoms. The molecule has 38 heavy (non-hydrogen) atoms. The lowest BCUT2D eigenvalue weighted by Gasteiger charge is -2.39. The van der Waals surface area contributed by atoms with Gasteiger partial charge in [0.1, 0.15) is 11.4 Å². The summed E-state index contributed by atoms with van der Waals surface area (Å²) in [7, 11) is 3.28. The highest BCUT2D eigenvalue weighted by Gasteiger charge is 2.46. The number of para-hydroxylation sites is 1. The minimum Gasteiger partial charge on any atom is -0.494 e. The maximum atomic E-state index is 14.4. The van der Waals surface area contributed by atoms with Crippen molar-refractivity contribution in [2.24, 2.45) is 0 Å². The molecule has 0 saturated carbocycles. The van der Waals surface area contributed by atoms with Crippen LogP contribution in [0.3, 0.4) is 0 Å². The highest BCUT2D eigenvalue weighted by molar-refractivity contribution is 6.07. The number of rotatable bonds is 9. The normalized spacial score (nSPS) is 19.4. The molecule has 1 fully saturated rings. The van der Waals surface area contributed by atoms with Gasteiger partial charge in [0.05, 0.1) is 32.9 Å². The van der Waals surface area contributed by atoms with Gasteiger partial charge in [-0.15, -0.1) is 0 Å². The second-order valence-electron chi connectivity index (χ2n) is 10.2. The van der Waals surface area contributed by atoms with Crippen LogP contribution in [0.5, 0.6) is 17.2 Å². The molecule has 1 unspecified atom stereocenters. The summed E-state index contributed by atoms with van der Waals surface area (Å²) >= 11 is 0. The fourth-order valence-corrected chi connectivity index (χ4v) is 5.95. The van der Waals surface area contributed by atoms with E-state index in [1.165, 1.54) is 32.4 Å². The van der Waals surface area contributed by atoms with Gasteiger partial charge >= 0.3 is 5.91 Å². The van der Waals surface area contributed by atoms with Gasteiger partial charge in [-0.05, 0) is 69.1 Å². The third kappa shape index (κ3) is 5.29. The van der Waals surface area contributed by atoms with Crippen LogP contribution >= 0.6 is 0 Å². The van der Waals surface area contributed by atoms with Crippen LogP contribution in [-0.2, 0) is 6.42 Å². The van der Waals surface area contributed by atoms with E-state index in [2.05, 4.69) is 4.90 Å². The lowest BCUT2D eigenvalue weighted by Crippen LogP contribution is -2.52. The predicted molar refractivity (Wildman–Crippen MR) is 152 cm³/mol. The molecule has 3 aromatic carbocycles. The van der Waals surface area contributed by atoms with Gasteiger partial charge in [0.25, 0.3) is 0 Å². The lowest BCUT2D eigenvalue weighted by atomic mass is 9.95. The Hall–Kier alpha value is -3.35. The second kappa shape index (κ2) is 12.0. The van der Waals surface area contributed by atoms with Crippen LogP contribution in [-0.4, -0.2) is 57.8 Å². The van der Waals surface area contributed by atoms with Gasteiger partial charge < -0.3 is 19.1 Å². The number of carbonyl (C=O) groups excluding carboxylic acids is 1. The van der Waals surface area contributed by atoms with E-state index in [1.807, 2.05) is 66.7 Å². The summed E-state index contributed by atoms with van der Waals surface area (Å²) in [5.41, 5.74) is 3.67. The molecule has 6 nitrogen and oxygen atoms in total. The maximum Gasteiger partial charge on any atom is 0.355 e. The molecule has 0 aromatic heterocycles. The lowest BCUT2D eigenvalue weighted by molar-refractivity contribution is 0.0826. The zero-order valence-electron chi connectivity index (χ0n) is 22.7. The number of amides is 1. The Balaban J connectivity index is 1.40. The maximum absolute atomic E-state index is 14.4. The van der Waals surface area contributed by atoms with Gasteiger partial charge in [-0.1, -0.05) is 24.6 Å². The van der Waals surface area contributed by atoms with Crippen molar-refractivity contribution in [3.63, 3.8) is 0 Å². The van der Waals surface area contributed by atoms with Gasteiger partial charge in [0.2, 0.25) is 0 Å². The van der Waals surface area contributed by atoms with Crippen molar-refractivity contribution in [2.75, 3.05) is 47.0 Å². The molecule has 0 bridgehead atoms. The molecule has 1 amide bonds. The summed E-state index contributed by atoms with van der Waals surface area (Å²) in [5, 5.41) is 0. The van der Waals surface area contributed by atoms with Crippen molar-refractivity contribution in [2.45, 2.75) is 38.5 Å². The Morgan fingerprint density at radius 1 is 0.868 bits per heavy atom. The van der Waals surface area contributed by atoms with E-state index < -0.39 is 0 Å². The number of fused-ring (bicyclic) bond motifs is 1. The number of quaternary nitrogens is 1. The number of aryl methyl sites for hydroxylation is 1. The average molecular weight is 516 g/mol. The Labute approximate surface area is 226 Å². The fourth-order valence-electron chi connectivity index (χ4n) is 5.95. The molecule has 1 saturated heterocycles. The van der Waals surface area contributed by atoms with E-state index in [0.29, 0.717) is 30.2 Å². The van der Waals surface area contributed by atoms with E-state index in [-0.39, 0.29) is 10.4 Å². The van der Waals surface area contributed by atoms with Crippen molar-refractivity contribution in [1.82, 2.24) is 9.38 Å². The van der Waals surface area contributed by atoms with Gasteiger partial charge in [-0.3, -0.25) is 0 Å². The molecule has 3 aromatic rings. The first kappa shape index (κ1) is 26.3. The number of carbonyl (C=O) groups is 1. The summed E-state index contributed by atoms with van der Waals surface area (Å²) in [6.07, 6.45) is 6.77. The summed E-state index contributed by atoms with van der Waals surface area (Å²) in [5.74, 6) is 2.17. The monoisotopic (exact) mass is 515 g/mol. The summed E-state index contributed by atoms with van der Waals surface area (Å²) in [6.45, 7) is 4.87. The third-order valence-electron chi connectivity index (χ3n) is 7.92. The average Bonchev–Trinajstić information content (AvgIpc) is 2.99. The molecule has 200 valence electrons. The number of methoxy groups -OCH3 is 2. The quantitative estimate of drug-likeness (QED) is 0.244. The van der Waals surface area contributed by atoms with Gasteiger partial charge in [-0.2, -0.15) is 4.48 Å². The summed E-state index contributed by atoms with van der Waals surface area (Å²) in [4.78, 5) is 17.0. The zero-order chi connectivity index (χ0) is 26.4. The minimum absolute atomic E-state index is 0.0426. The molecule has 2 aliphatic rings. The first-order chi connectivity index (χ1) is 18.7. The van der Waals surface area contributed by atoms with Crippen molar-refractivity contribution < 1.29 is 19.0 Å². The first-order valence-corrected chi connectivity index (χ1v) is 13.8. The number of hydrogen-bond acceptors (Lipinski definition) is 5. The predicted octanol–water partition coefficient (Wildman–Crippen LogP) is 6.38. The smallest absolute Gasteiger partial charge is 0.355 e. The van der Waals surface area contributed by atoms with Crippen molar-refractivity contribution >= 4 is 17.3 Å². The van der Waals surface area contributed by atoms with E-state index >= 15 is 0 Å². The Morgan fingerprint density at radius 3 is 2.29 bits per heavy atom. The molecule has 1 atom stereocenters. The molecular weight excluding hydrogens is 476 g/mol. The van der Waals surface area contributed by atoms with E-state index in [1.54, 1.807) is 14.2 Å². The SMILES string of the molecule is COc1cc2c(cc1OC)[N+](C(=O)c1ccc(OCCCN3CCCCC3)cc1)(c1ccccc1)CCC2. The molecule has 0 radical (unpaired) electrons. The first-order valence-electron chi connectivity index (χ1n) is 13.8. The highest BCUT2D eigenvalue weighted by atomic mass is 16.5. The Kier molecular flexibility index (Phi) is 8.30. The van der Waals surface area contributed by atoms with Crippen LogP contribution in [0.25, 0.3) is 0 Å². The Bertz CT molecular complexity index is 1220. The largest absolute Gasteiger partial charge is 0.494 e. The van der Waals surface area contributed by atoms with Crippen molar-refractivity contribution in [3.05, 3.63) is 77.9 Å². The zero-order valence-corrected chi connectivity index (χ0v) is 22.7. The van der Waals surface area contributed by atoms with Crippen LogP contribution in [0.15, 0.2) is 66.7 Å². The van der Waals surface area contributed by atoms with E-state index in [9.17, 15) is 4.79 Å². The summed E-state index contributed by atoms with van der Waals surface area (Å²) in [6, 6.07) is 21.7. The van der Waals surface area contributed by atoms with Crippen LogP contribution < -0.4 is 18.7 Å². The Morgan fingerprint density at radius 2 is 1.58 bits per heavy atom. The second-order valence-corrected chi connectivity index (χ2v) is 10.2. The highest BCUT2D eigenvalue weighted by Crippen LogP contribution is 2.47. The molecule has 6 heteroatoms. The van der Waals surface area contributed by atoms with E-state index in [0.717, 1.165) is 48.5 Å². The molecule has 5 rings (SSSR count). The van der Waals surface area contributed by atoms with Crippen molar-refractivity contribution in [1.29, 1.82) is 0 Å². The minimum atomic E-state index is 0.0426. The molecule has 0 N–H and O–H groups in total. The molecule has 0 aliphatic carbocycles. The van der Waals surface area contributed by atoms with Gasteiger partial charge in [0.15, 0.2) is 17.2 Å². The van der Waals surface area contributed by atoms with E-state index in [4.69, 9.17) is 14.2 Å². The number of hydrogen-bond donors (Lipinski definition) is 0. The van der Waals surface area contributed by atoms with Crippen LogP contribution in [0.4, 0.5) is 11.4 Å². The molecular formula is C32H39N2O4+. The van der Waals surface area contributed by atoms with Gasteiger partial charge in [-0.25, -0.2) is 4.79 Å².